The van der Waals surface area contributed by atoms with Gasteiger partial charge in [0.25, 0.3) is 0 Å². The number of nitrogens with zero attached hydrogens (tertiary/aromatic N) is 1. The highest BCUT2D eigenvalue weighted by atomic mass is 16.6. The summed E-state index contributed by atoms with van der Waals surface area (Å²) in [7, 11) is 0. The first-order chi connectivity index (χ1) is 20.4. The normalized spacial score (nSPS) is 13.3. The first-order valence-electron chi connectivity index (χ1n) is 14.7. The van der Waals surface area contributed by atoms with E-state index in [0.717, 1.165) is 16.5 Å². The third kappa shape index (κ3) is 11.4. The molecule has 3 atom stereocenters. The number of pyridine rings is 1. The lowest BCUT2D eigenvalue weighted by Crippen LogP contribution is -2.48. The van der Waals surface area contributed by atoms with Crippen molar-refractivity contribution < 1.29 is 23.9 Å². The predicted octanol–water partition coefficient (Wildman–Crippen LogP) is 4.74. The minimum Gasteiger partial charge on any atom is -0.444 e. The van der Waals surface area contributed by atoms with Crippen LogP contribution in [0.5, 0.6) is 0 Å². The Bertz CT molecular complexity index is 1390. The number of benzene rings is 2. The van der Waals surface area contributed by atoms with Crippen LogP contribution < -0.4 is 21.3 Å². The number of nitrogens with one attached hydrogen (secondary N) is 4. The highest BCUT2D eigenvalue weighted by molar-refractivity contribution is 5.99. The van der Waals surface area contributed by atoms with E-state index in [1.54, 1.807) is 33.9 Å². The maximum absolute atomic E-state index is 13.4. The molecule has 0 radical (unpaired) electrons. The molecular weight excluding hydrogens is 546 g/mol. The maximum Gasteiger partial charge on any atom is 0.407 e. The van der Waals surface area contributed by atoms with Gasteiger partial charge >= 0.3 is 6.09 Å². The van der Waals surface area contributed by atoms with Crippen molar-refractivity contribution in [2.45, 2.75) is 78.0 Å². The molecule has 1 aromatic heterocycles. The molecule has 0 saturated carbocycles. The average molecular weight is 590 g/mol. The second-order valence-corrected chi connectivity index (χ2v) is 11.7. The van der Waals surface area contributed by atoms with Crippen molar-refractivity contribution in [3.8, 4) is 0 Å². The lowest BCUT2D eigenvalue weighted by Gasteiger charge is -2.23. The molecule has 0 aliphatic rings. The van der Waals surface area contributed by atoms with Crippen LogP contribution in [0, 0.1) is 5.92 Å². The van der Waals surface area contributed by atoms with Crippen LogP contribution in [0.15, 0.2) is 66.9 Å². The molecule has 0 bridgehead atoms. The van der Waals surface area contributed by atoms with Crippen molar-refractivity contribution in [2.24, 2.45) is 5.92 Å². The molecule has 10 heteroatoms. The van der Waals surface area contributed by atoms with E-state index in [2.05, 4.69) is 26.3 Å². The van der Waals surface area contributed by atoms with E-state index >= 15 is 0 Å². The number of hydrogen-bond acceptors (Lipinski definition) is 6. The second-order valence-electron chi connectivity index (χ2n) is 11.7. The van der Waals surface area contributed by atoms with Crippen molar-refractivity contribution in [1.82, 2.24) is 20.9 Å². The van der Waals surface area contributed by atoms with Gasteiger partial charge in [0.1, 0.15) is 11.6 Å². The Morgan fingerprint density at radius 2 is 1.63 bits per heavy atom. The van der Waals surface area contributed by atoms with Gasteiger partial charge in [0, 0.05) is 30.3 Å². The third-order valence-corrected chi connectivity index (χ3v) is 6.74. The number of carbonyl (C=O) groups is 4. The number of anilines is 1. The summed E-state index contributed by atoms with van der Waals surface area (Å²) in [6.45, 7) is 9.05. The summed E-state index contributed by atoms with van der Waals surface area (Å²) in [5.41, 5.74) is 1.76. The van der Waals surface area contributed by atoms with E-state index in [-0.39, 0.29) is 30.8 Å². The second kappa shape index (κ2) is 15.7. The number of carbonyl (C=O) groups excluding carboxylic acids is 4. The summed E-state index contributed by atoms with van der Waals surface area (Å²) >= 11 is 0. The highest BCUT2D eigenvalue weighted by Gasteiger charge is 2.26. The Hall–Kier alpha value is -4.47. The quantitative estimate of drug-likeness (QED) is 0.227. The number of fused-ring (bicyclic) bond motifs is 1. The molecule has 0 fully saturated rings. The van der Waals surface area contributed by atoms with Crippen LogP contribution in [0.25, 0.3) is 10.9 Å². The first-order valence-corrected chi connectivity index (χ1v) is 14.7. The van der Waals surface area contributed by atoms with Crippen LogP contribution in [0.2, 0.25) is 0 Å². The molecule has 2 aromatic carbocycles. The topological polar surface area (TPSA) is 139 Å². The van der Waals surface area contributed by atoms with E-state index in [0.29, 0.717) is 24.9 Å². The summed E-state index contributed by atoms with van der Waals surface area (Å²) in [5, 5.41) is 12.2. The minimum atomic E-state index is -0.828. The zero-order valence-corrected chi connectivity index (χ0v) is 25.6. The molecule has 10 nitrogen and oxygen atoms in total. The van der Waals surface area contributed by atoms with Crippen LogP contribution in [-0.4, -0.2) is 53.0 Å². The minimum absolute atomic E-state index is 0.0730. The molecule has 0 spiro atoms. The first kappa shape index (κ1) is 33.0. The number of rotatable bonds is 13. The molecule has 1 heterocycles. The fourth-order valence-corrected chi connectivity index (χ4v) is 4.38. The maximum atomic E-state index is 13.4. The van der Waals surface area contributed by atoms with Gasteiger partial charge in [-0.3, -0.25) is 19.4 Å². The molecule has 4 N–H and O–H groups in total. The Morgan fingerprint density at radius 3 is 2.33 bits per heavy atom. The fourth-order valence-electron chi connectivity index (χ4n) is 4.38. The molecule has 4 amide bonds. The summed E-state index contributed by atoms with van der Waals surface area (Å²) in [5.74, 6) is -1.78. The van der Waals surface area contributed by atoms with Crippen molar-refractivity contribution in [2.75, 3.05) is 11.9 Å². The molecule has 0 aliphatic carbocycles. The van der Waals surface area contributed by atoms with E-state index in [9.17, 15) is 19.2 Å². The Kier molecular flexibility index (Phi) is 12.0. The van der Waals surface area contributed by atoms with Crippen LogP contribution in [0.3, 0.4) is 0 Å². The summed E-state index contributed by atoms with van der Waals surface area (Å²) in [4.78, 5) is 55.7. The van der Waals surface area contributed by atoms with Gasteiger partial charge in [-0.1, -0.05) is 62.4 Å². The van der Waals surface area contributed by atoms with E-state index in [4.69, 9.17) is 4.74 Å². The number of aromatic nitrogens is 1. The average Bonchev–Trinajstić information content (AvgIpc) is 2.96. The van der Waals surface area contributed by atoms with Crippen LogP contribution in [0.1, 0.15) is 59.4 Å². The van der Waals surface area contributed by atoms with Gasteiger partial charge in [-0.15, -0.1) is 0 Å². The molecule has 43 heavy (non-hydrogen) atoms. The number of hydrogen-bond donors (Lipinski definition) is 4. The Balaban J connectivity index is 1.59. The number of alkyl carbamates (subject to hydrolysis) is 1. The number of aryl methyl sites for hydroxylation is 1. The molecule has 0 aliphatic heterocycles. The lowest BCUT2D eigenvalue weighted by atomic mass is 10.0. The van der Waals surface area contributed by atoms with Gasteiger partial charge in [0.15, 0.2) is 0 Å². The van der Waals surface area contributed by atoms with E-state index in [1.807, 2.05) is 67.6 Å². The van der Waals surface area contributed by atoms with Gasteiger partial charge in [0.05, 0.1) is 17.4 Å². The summed E-state index contributed by atoms with van der Waals surface area (Å²) < 4.78 is 5.24. The molecule has 3 rings (SSSR count). The van der Waals surface area contributed by atoms with Crippen LogP contribution in [0.4, 0.5) is 10.5 Å². The Labute approximate surface area is 253 Å². The highest BCUT2D eigenvalue weighted by Crippen LogP contribution is 2.17. The number of ether oxygens (including phenoxy) is 1. The molecule has 3 aromatic rings. The smallest absolute Gasteiger partial charge is 0.407 e. The molecular formula is C33H43N5O5. The van der Waals surface area contributed by atoms with Crippen molar-refractivity contribution in [3.05, 3.63) is 72.4 Å². The molecule has 0 saturated heterocycles. The zero-order valence-electron chi connectivity index (χ0n) is 25.6. The van der Waals surface area contributed by atoms with Crippen LogP contribution >= 0.6 is 0 Å². The van der Waals surface area contributed by atoms with Gasteiger partial charge in [0.2, 0.25) is 17.7 Å². The Morgan fingerprint density at radius 1 is 0.930 bits per heavy atom. The predicted molar refractivity (Wildman–Crippen MR) is 167 cm³/mol. The largest absolute Gasteiger partial charge is 0.444 e. The monoisotopic (exact) mass is 589 g/mol. The van der Waals surface area contributed by atoms with E-state index in [1.165, 1.54) is 0 Å². The molecule has 3 unspecified atom stereocenters. The SMILES string of the molecule is CCC(CNC(=O)OC(C)(C)C)NC(=O)CC(C)C(=O)NC(CCc1ccccc1)C(=O)Nc1cnc2ccccc2c1. The summed E-state index contributed by atoms with van der Waals surface area (Å²) in [6.07, 6.45) is 2.48. The van der Waals surface area contributed by atoms with Gasteiger partial charge in [-0.2, -0.15) is 0 Å². The van der Waals surface area contributed by atoms with Crippen LogP contribution in [-0.2, 0) is 25.5 Å². The number of para-hydroxylation sites is 1. The number of amides is 4. The van der Waals surface area contributed by atoms with Gasteiger partial charge in [-0.05, 0) is 57.7 Å². The third-order valence-electron chi connectivity index (χ3n) is 6.74. The fraction of sp³-hybridized carbons (Fsp3) is 0.424. The van der Waals surface area contributed by atoms with Gasteiger partial charge < -0.3 is 26.0 Å². The van der Waals surface area contributed by atoms with Crippen molar-refractivity contribution >= 4 is 40.4 Å². The lowest BCUT2D eigenvalue weighted by molar-refractivity contribution is -0.132. The summed E-state index contributed by atoms with van der Waals surface area (Å²) in [6, 6.07) is 18.0. The van der Waals surface area contributed by atoms with Gasteiger partial charge in [-0.25, -0.2) is 4.79 Å². The van der Waals surface area contributed by atoms with E-state index < -0.39 is 29.6 Å². The molecule has 230 valence electrons. The zero-order chi connectivity index (χ0) is 31.4. The standard InChI is InChI=1S/C33H43N5O5/c1-6-25(20-35-32(42)43-33(3,4)5)36-29(39)18-22(2)30(40)38-28(17-16-23-12-8-7-9-13-23)31(41)37-26-19-24-14-10-11-15-27(24)34-21-26/h7-15,19,21-22,25,28H,6,16-18,20H2,1-5H3,(H,35,42)(H,36,39)(H,37,41)(H,38,40). The van der Waals surface area contributed by atoms with Crippen molar-refractivity contribution in [3.63, 3.8) is 0 Å². The van der Waals surface area contributed by atoms with Crippen molar-refractivity contribution in [1.29, 1.82) is 0 Å².